The number of nitrogens with zero attached hydrogens (tertiary/aromatic N) is 2. The highest BCUT2D eigenvalue weighted by atomic mass is 16.2. The molecule has 1 rings (SSSR count). The molecule has 0 radical (unpaired) electrons. The van der Waals surface area contributed by atoms with Crippen LogP contribution in [0.5, 0.6) is 0 Å². The van der Waals surface area contributed by atoms with Gasteiger partial charge in [0.25, 0.3) is 0 Å². The Balaban J connectivity index is 2.06. The van der Waals surface area contributed by atoms with Crippen LogP contribution in [0.1, 0.15) is 64.7 Å². The molecule has 0 unspecified atom stereocenters. The summed E-state index contributed by atoms with van der Waals surface area (Å²) < 4.78 is 0. The monoisotopic (exact) mass is 291 g/mol. The molecule has 1 aromatic rings. The summed E-state index contributed by atoms with van der Waals surface area (Å²) in [4.78, 5) is 31.0. The van der Waals surface area contributed by atoms with E-state index in [9.17, 15) is 9.59 Å². The van der Waals surface area contributed by atoms with E-state index in [2.05, 4.69) is 22.2 Å². The molecule has 0 bridgehead atoms. The van der Waals surface area contributed by atoms with Crippen molar-refractivity contribution in [2.45, 2.75) is 64.7 Å². The topological polar surface area (TPSA) is 72.0 Å². The van der Waals surface area contributed by atoms with E-state index >= 15 is 0 Å². The molecule has 1 N–H and O–H groups in total. The quantitative estimate of drug-likeness (QED) is 0.500. The second-order valence-electron chi connectivity index (χ2n) is 5.23. The molecule has 0 spiro atoms. The summed E-state index contributed by atoms with van der Waals surface area (Å²) in [5, 5.41) is 2.59. The van der Waals surface area contributed by atoms with Crippen LogP contribution in [-0.4, -0.2) is 21.7 Å². The molecular formula is C16H25N3O2. The average Bonchev–Trinajstić information content (AvgIpc) is 2.47. The Kier molecular flexibility index (Phi) is 9.00. The summed E-state index contributed by atoms with van der Waals surface area (Å²) >= 11 is 0. The van der Waals surface area contributed by atoms with E-state index in [0.29, 0.717) is 12.2 Å². The summed E-state index contributed by atoms with van der Waals surface area (Å²) in [7, 11) is 0. The number of aromatic nitrogens is 2. The zero-order valence-corrected chi connectivity index (χ0v) is 12.8. The lowest BCUT2D eigenvalue weighted by Gasteiger charge is -2.04. The first kappa shape index (κ1) is 17.3. The predicted molar refractivity (Wildman–Crippen MR) is 82.9 cm³/mol. The van der Waals surface area contributed by atoms with Crippen molar-refractivity contribution in [2.75, 3.05) is 5.32 Å². The predicted octanol–water partition coefficient (Wildman–Crippen LogP) is 3.52. The Bertz CT molecular complexity index is 421. The summed E-state index contributed by atoms with van der Waals surface area (Å²) in [6.45, 7) is 2.20. The summed E-state index contributed by atoms with van der Waals surface area (Å²) in [6, 6.07) is 1.60. The number of hydrogen-bond acceptors (Lipinski definition) is 4. The number of carbonyl (C=O) groups is 2. The maximum atomic E-state index is 11.7. The third-order valence-electron chi connectivity index (χ3n) is 3.27. The third kappa shape index (κ3) is 8.89. The van der Waals surface area contributed by atoms with E-state index in [4.69, 9.17) is 0 Å². The van der Waals surface area contributed by atoms with E-state index < -0.39 is 0 Å². The number of anilines is 1. The van der Waals surface area contributed by atoms with Gasteiger partial charge in [-0.2, -0.15) is 0 Å². The lowest BCUT2D eigenvalue weighted by atomic mass is 10.1. The summed E-state index contributed by atoms with van der Waals surface area (Å²) in [5.74, 6) is 0.121. The van der Waals surface area contributed by atoms with Crippen molar-refractivity contribution in [3.8, 4) is 0 Å². The molecule has 21 heavy (non-hydrogen) atoms. The molecule has 0 aliphatic heterocycles. The van der Waals surface area contributed by atoms with Gasteiger partial charge in [-0.3, -0.25) is 9.59 Å². The van der Waals surface area contributed by atoms with Crippen molar-refractivity contribution in [3.05, 3.63) is 18.6 Å². The first-order chi connectivity index (χ1) is 10.2. The van der Waals surface area contributed by atoms with E-state index in [1.807, 2.05) is 0 Å². The SMILES string of the molecule is CCCCCCCCCC(=O)CC(=O)Nc1ccncn1. The lowest BCUT2D eigenvalue weighted by Crippen LogP contribution is -2.17. The van der Waals surface area contributed by atoms with Crippen LogP contribution in [0.4, 0.5) is 5.82 Å². The van der Waals surface area contributed by atoms with E-state index in [-0.39, 0.29) is 18.1 Å². The molecule has 0 saturated heterocycles. The Morgan fingerprint density at radius 2 is 1.81 bits per heavy atom. The summed E-state index contributed by atoms with van der Waals surface area (Å²) in [6.07, 6.45) is 11.5. The van der Waals surface area contributed by atoms with Gasteiger partial charge >= 0.3 is 0 Å². The zero-order chi connectivity index (χ0) is 15.3. The van der Waals surface area contributed by atoms with Gasteiger partial charge in [0.15, 0.2) is 0 Å². The van der Waals surface area contributed by atoms with Crippen molar-refractivity contribution >= 4 is 17.5 Å². The van der Waals surface area contributed by atoms with Gasteiger partial charge in [-0.15, -0.1) is 0 Å². The fraction of sp³-hybridized carbons (Fsp3) is 0.625. The maximum absolute atomic E-state index is 11.7. The van der Waals surface area contributed by atoms with Crippen LogP contribution in [0.3, 0.4) is 0 Å². The standard InChI is InChI=1S/C16H25N3O2/c1-2-3-4-5-6-7-8-9-14(20)12-16(21)19-15-10-11-17-13-18-15/h10-11,13H,2-9,12H2,1H3,(H,17,18,19,21). The van der Waals surface area contributed by atoms with Crippen molar-refractivity contribution < 1.29 is 9.59 Å². The highest BCUT2D eigenvalue weighted by Crippen LogP contribution is 2.09. The van der Waals surface area contributed by atoms with Crippen LogP contribution < -0.4 is 5.32 Å². The molecule has 0 aliphatic rings. The number of hydrogen-bond donors (Lipinski definition) is 1. The average molecular weight is 291 g/mol. The highest BCUT2D eigenvalue weighted by Gasteiger charge is 2.09. The molecule has 1 amide bonds. The molecule has 0 aromatic carbocycles. The maximum Gasteiger partial charge on any atom is 0.232 e. The van der Waals surface area contributed by atoms with E-state index in [0.717, 1.165) is 12.8 Å². The van der Waals surface area contributed by atoms with Crippen LogP contribution >= 0.6 is 0 Å². The summed E-state index contributed by atoms with van der Waals surface area (Å²) in [5.41, 5.74) is 0. The van der Waals surface area contributed by atoms with Gasteiger partial charge < -0.3 is 5.32 Å². The molecule has 0 atom stereocenters. The molecule has 0 fully saturated rings. The number of nitrogens with one attached hydrogen (secondary N) is 1. The van der Waals surface area contributed by atoms with Crippen molar-refractivity contribution in [3.63, 3.8) is 0 Å². The number of amides is 1. The van der Waals surface area contributed by atoms with Gasteiger partial charge in [0.1, 0.15) is 17.9 Å². The Hall–Kier alpha value is -1.78. The van der Waals surface area contributed by atoms with Gasteiger partial charge in [0, 0.05) is 12.6 Å². The molecular weight excluding hydrogens is 266 g/mol. The van der Waals surface area contributed by atoms with Crippen LogP contribution in [0, 0.1) is 0 Å². The number of unbranched alkanes of at least 4 members (excludes halogenated alkanes) is 6. The van der Waals surface area contributed by atoms with Crippen LogP contribution in [-0.2, 0) is 9.59 Å². The molecule has 5 heteroatoms. The van der Waals surface area contributed by atoms with Gasteiger partial charge in [-0.05, 0) is 12.5 Å². The number of ketones is 1. The normalized spacial score (nSPS) is 10.3. The Morgan fingerprint density at radius 1 is 1.10 bits per heavy atom. The minimum atomic E-state index is -0.304. The molecule has 116 valence electrons. The second kappa shape index (κ2) is 10.9. The molecule has 1 heterocycles. The minimum Gasteiger partial charge on any atom is -0.310 e. The Labute approximate surface area is 126 Å². The van der Waals surface area contributed by atoms with Crippen molar-refractivity contribution in [1.82, 2.24) is 9.97 Å². The first-order valence-corrected chi connectivity index (χ1v) is 7.80. The number of rotatable bonds is 11. The van der Waals surface area contributed by atoms with Crippen LogP contribution in [0.2, 0.25) is 0 Å². The minimum absolute atomic E-state index is 0.00452. The highest BCUT2D eigenvalue weighted by molar-refractivity contribution is 6.03. The van der Waals surface area contributed by atoms with Crippen LogP contribution in [0.15, 0.2) is 18.6 Å². The number of carbonyl (C=O) groups excluding carboxylic acids is 2. The fourth-order valence-electron chi connectivity index (χ4n) is 2.10. The molecule has 0 saturated carbocycles. The number of Topliss-reactive ketones (excluding diaryl/α,β-unsaturated/α-hetero) is 1. The van der Waals surface area contributed by atoms with Gasteiger partial charge in [0.2, 0.25) is 5.91 Å². The van der Waals surface area contributed by atoms with Crippen molar-refractivity contribution in [2.24, 2.45) is 0 Å². The van der Waals surface area contributed by atoms with Crippen molar-refractivity contribution in [1.29, 1.82) is 0 Å². The van der Waals surface area contributed by atoms with E-state index in [1.165, 1.54) is 38.4 Å². The van der Waals surface area contributed by atoms with Gasteiger partial charge in [-0.25, -0.2) is 9.97 Å². The Morgan fingerprint density at radius 3 is 2.48 bits per heavy atom. The largest absolute Gasteiger partial charge is 0.310 e. The first-order valence-electron chi connectivity index (χ1n) is 7.80. The second-order valence-corrected chi connectivity index (χ2v) is 5.23. The van der Waals surface area contributed by atoms with Gasteiger partial charge in [-0.1, -0.05) is 45.4 Å². The molecule has 0 aliphatic carbocycles. The van der Waals surface area contributed by atoms with E-state index in [1.54, 1.807) is 12.3 Å². The molecule has 5 nitrogen and oxygen atoms in total. The zero-order valence-electron chi connectivity index (χ0n) is 12.8. The van der Waals surface area contributed by atoms with Gasteiger partial charge in [0.05, 0.1) is 6.42 Å². The third-order valence-corrected chi connectivity index (χ3v) is 3.27. The smallest absolute Gasteiger partial charge is 0.232 e. The lowest BCUT2D eigenvalue weighted by molar-refractivity contribution is -0.125. The van der Waals surface area contributed by atoms with Crippen LogP contribution in [0.25, 0.3) is 0 Å². The molecule has 1 aromatic heterocycles. The fourth-order valence-corrected chi connectivity index (χ4v) is 2.10.